The first-order valence-electron chi connectivity index (χ1n) is 6.14. The summed E-state index contributed by atoms with van der Waals surface area (Å²) in [6.07, 6.45) is 1.32. The van der Waals surface area contributed by atoms with E-state index in [0.717, 1.165) is 6.42 Å². The van der Waals surface area contributed by atoms with E-state index in [9.17, 15) is 9.59 Å². The minimum absolute atomic E-state index is 0.381. The predicted molar refractivity (Wildman–Crippen MR) is 78.3 cm³/mol. The van der Waals surface area contributed by atoms with Crippen molar-refractivity contribution in [3.63, 3.8) is 0 Å². The van der Waals surface area contributed by atoms with Crippen LogP contribution in [0.4, 0.5) is 0 Å². The lowest BCUT2D eigenvalue weighted by atomic mass is 10.0. The molecule has 1 aliphatic heterocycles. The maximum Gasteiger partial charge on any atom is 0.325 e. The van der Waals surface area contributed by atoms with E-state index in [1.807, 2.05) is 6.92 Å². The molecule has 1 saturated heterocycles. The molecule has 0 N–H and O–H groups in total. The van der Waals surface area contributed by atoms with Crippen molar-refractivity contribution in [2.24, 2.45) is 5.41 Å². The Bertz CT molecular complexity index is 432. The molecule has 0 spiro atoms. The van der Waals surface area contributed by atoms with E-state index < -0.39 is 28.1 Å². The van der Waals surface area contributed by atoms with E-state index in [1.54, 1.807) is 0 Å². The van der Waals surface area contributed by atoms with Crippen LogP contribution in [-0.2, 0) is 19.1 Å². The number of hydrogen-bond donors (Lipinski definition) is 0. The average Bonchev–Trinajstić information content (AvgIpc) is 2.86. The molecule has 0 amide bonds. The van der Waals surface area contributed by atoms with E-state index in [-0.39, 0.29) is 5.97 Å². The van der Waals surface area contributed by atoms with E-state index in [0.29, 0.717) is 6.42 Å². The Labute approximate surface area is 122 Å². The number of halogens is 1. The number of fused-ring (bicyclic) bond motifs is 1. The highest BCUT2D eigenvalue weighted by Crippen LogP contribution is 2.76. The molecule has 0 bridgehead atoms. The standard InChI is InChI=1S/C12H19IO4Si/c1-6-12(18(3,4)5)11(13)7-10(11,8(14)16-2)9(15)17-12/h6-7H2,1-5H3/t10-,11-,12+/m1/s1. The summed E-state index contributed by atoms with van der Waals surface area (Å²) in [7, 11) is -0.440. The van der Waals surface area contributed by atoms with Crippen molar-refractivity contribution in [2.75, 3.05) is 7.11 Å². The molecule has 0 aromatic heterocycles. The van der Waals surface area contributed by atoms with Crippen LogP contribution in [0.3, 0.4) is 0 Å². The Morgan fingerprint density at radius 1 is 1.50 bits per heavy atom. The Hall–Kier alpha value is -0.113. The molecule has 2 rings (SSSR count). The SMILES string of the molecule is CC[C@@]1([Si](C)(C)C)OC(=O)[C@]2(C(=O)OC)C[C@@]21I. The number of esters is 2. The number of alkyl halides is 1. The highest BCUT2D eigenvalue weighted by Gasteiger charge is 2.91. The van der Waals surface area contributed by atoms with Gasteiger partial charge in [-0.05, 0) is 12.8 Å². The maximum absolute atomic E-state index is 12.3. The molecule has 2 fully saturated rings. The molecule has 0 aromatic carbocycles. The molecular weight excluding hydrogens is 363 g/mol. The summed E-state index contributed by atoms with van der Waals surface area (Å²) in [4.78, 5) is 24.3. The monoisotopic (exact) mass is 382 g/mol. The zero-order valence-electron chi connectivity index (χ0n) is 11.4. The van der Waals surface area contributed by atoms with Crippen LogP contribution in [0.1, 0.15) is 19.8 Å². The van der Waals surface area contributed by atoms with Gasteiger partial charge in [-0.1, -0.05) is 49.2 Å². The summed E-state index contributed by atoms with van der Waals surface area (Å²) in [5, 5.41) is -0.466. The van der Waals surface area contributed by atoms with E-state index in [2.05, 4.69) is 42.2 Å². The predicted octanol–water partition coefficient (Wildman–Crippen LogP) is 2.31. The van der Waals surface area contributed by atoms with Crippen molar-refractivity contribution in [1.29, 1.82) is 0 Å². The van der Waals surface area contributed by atoms with Gasteiger partial charge in [0.25, 0.3) is 0 Å². The Balaban J connectivity index is 2.54. The molecular formula is C12H19IO4Si. The van der Waals surface area contributed by atoms with Gasteiger partial charge in [-0.2, -0.15) is 0 Å². The van der Waals surface area contributed by atoms with Crippen molar-refractivity contribution in [1.82, 2.24) is 0 Å². The van der Waals surface area contributed by atoms with Crippen LogP contribution in [0.2, 0.25) is 19.6 Å². The smallest absolute Gasteiger partial charge is 0.325 e. The molecule has 6 heteroatoms. The summed E-state index contributed by atoms with van der Waals surface area (Å²) in [6.45, 7) is 8.61. The molecule has 18 heavy (non-hydrogen) atoms. The first-order chi connectivity index (χ1) is 8.13. The van der Waals surface area contributed by atoms with Crippen molar-refractivity contribution < 1.29 is 19.1 Å². The lowest BCUT2D eigenvalue weighted by Gasteiger charge is -2.43. The molecule has 1 saturated carbocycles. The first-order valence-corrected chi connectivity index (χ1v) is 10.7. The summed E-state index contributed by atoms with van der Waals surface area (Å²) in [5.74, 6) is -0.816. The molecule has 1 aliphatic carbocycles. The fraction of sp³-hybridized carbons (Fsp3) is 0.833. The second-order valence-corrected chi connectivity index (χ2v) is 13.3. The van der Waals surface area contributed by atoms with Gasteiger partial charge in [0.2, 0.25) is 0 Å². The fourth-order valence-corrected chi connectivity index (χ4v) is 10.4. The molecule has 1 heterocycles. The van der Waals surface area contributed by atoms with Crippen LogP contribution in [-0.4, -0.2) is 35.8 Å². The molecule has 4 nitrogen and oxygen atoms in total. The van der Waals surface area contributed by atoms with E-state index in [1.165, 1.54) is 7.11 Å². The quantitative estimate of drug-likeness (QED) is 0.247. The van der Waals surface area contributed by atoms with Crippen molar-refractivity contribution in [2.45, 2.75) is 48.1 Å². The molecule has 0 unspecified atom stereocenters. The third-order valence-electron chi connectivity index (χ3n) is 4.56. The second-order valence-electron chi connectivity index (χ2n) is 6.19. The number of cyclic esters (lactones) is 1. The summed E-state index contributed by atoms with van der Waals surface area (Å²) >= 11 is 2.27. The van der Waals surface area contributed by atoms with Gasteiger partial charge in [0.05, 0.1) is 18.6 Å². The highest BCUT2D eigenvalue weighted by atomic mass is 127. The van der Waals surface area contributed by atoms with Crippen molar-refractivity contribution in [3.05, 3.63) is 0 Å². The topological polar surface area (TPSA) is 52.6 Å². The Morgan fingerprint density at radius 3 is 2.33 bits per heavy atom. The Morgan fingerprint density at radius 2 is 2.06 bits per heavy atom. The number of carbonyl (C=O) groups is 2. The fourth-order valence-electron chi connectivity index (χ4n) is 3.49. The van der Waals surface area contributed by atoms with Crippen LogP contribution in [0.15, 0.2) is 0 Å². The van der Waals surface area contributed by atoms with Crippen LogP contribution in [0.5, 0.6) is 0 Å². The lowest BCUT2D eigenvalue weighted by molar-refractivity contribution is -0.161. The molecule has 2 aliphatic rings. The molecule has 0 radical (unpaired) electrons. The van der Waals surface area contributed by atoms with Gasteiger partial charge in [0.1, 0.15) is 5.22 Å². The van der Waals surface area contributed by atoms with Crippen LogP contribution in [0, 0.1) is 5.41 Å². The third-order valence-corrected chi connectivity index (χ3v) is 10.5. The number of rotatable bonds is 3. The van der Waals surface area contributed by atoms with Gasteiger partial charge in [-0.25, -0.2) is 0 Å². The van der Waals surface area contributed by atoms with Crippen LogP contribution >= 0.6 is 22.6 Å². The van der Waals surface area contributed by atoms with Crippen LogP contribution < -0.4 is 0 Å². The van der Waals surface area contributed by atoms with Gasteiger partial charge < -0.3 is 9.47 Å². The minimum atomic E-state index is -1.77. The van der Waals surface area contributed by atoms with Gasteiger partial charge in [-0.3, -0.25) is 9.59 Å². The highest BCUT2D eigenvalue weighted by molar-refractivity contribution is 14.1. The third kappa shape index (κ3) is 1.26. The van der Waals surface area contributed by atoms with Crippen molar-refractivity contribution >= 4 is 42.6 Å². The minimum Gasteiger partial charge on any atom is -0.468 e. The Kier molecular flexibility index (Phi) is 2.95. The van der Waals surface area contributed by atoms with E-state index >= 15 is 0 Å². The van der Waals surface area contributed by atoms with Gasteiger partial charge in [0.15, 0.2) is 5.41 Å². The van der Waals surface area contributed by atoms with Crippen molar-refractivity contribution in [3.8, 4) is 0 Å². The summed E-state index contributed by atoms with van der Waals surface area (Å²) < 4.78 is 10.2. The molecule has 102 valence electrons. The molecule has 3 atom stereocenters. The van der Waals surface area contributed by atoms with Gasteiger partial charge >= 0.3 is 11.9 Å². The lowest BCUT2D eigenvalue weighted by Crippen LogP contribution is -2.59. The number of carbonyl (C=O) groups excluding carboxylic acids is 2. The normalized spacial score (nSPS) is 42.2. The maximum atomic E-state index is 12.3. The van der Waals surface area contributed by atoms with Gasteiger partial charge in [0, 0.05) is 0 Å². The number of methoxy groups -OCH3 is 1. The summed E-state index contributed by atoms with van der Waals surface area (Å²) in [5.41, 5.74) is -1.04. The zero-order valence-corrected chi connectivity index (χ0v) is 14.6. The average molecular weight is 382 g/mol. The zero-order chi connectivity index (χ0) is 14.0. The van der Waals surface area contributed by atoms with Crippen LogP contribution in [0.25, 0.3) is 0 Å². The molecule has 0 aromatic rings. The first kappa shape index (κ1) is 14.3. The van der Waals surface area contributed by atoms with E-state index in [4.69, 9.17) is 9.47 Å². The summed E-state index contributed by atoms with van der Waals surface area (Å²) in [6, 6.07) is 0. The number of ether oxygens (including phenoxy) is 2. The largest absolute Gasteiger partial charge is 0.468 e. The van der Waals surface area contributed by atoms with Gasteiger partial charge in [-0.15, -0.1) is 0 Å². The second kappa shape index (κ2) is 3.71. The number of hydrogen-bond acceptors (Lipinski definition) is 4.